The number of benzene rings is 2. The van der Waals surface area contributed by atoms with Crippen molar-refractivity contribution in [1.82, 2.24) is 20.2 Å². The average Bonchev–Trinajstić information content (AvgIpc) is 3.21. The van der Waals surface area contributed by atoms with E-state index in [2.05, 4.69) is 20.8 Å². The van der Waals surface area contributed by atoms with Crippen molar-refractivity contribution in [3.8, 4) is 22.9 Å². The van der Waals surface area contributed by atoms with Crippen LogP contribution < -0.4 is 19.5 Å². The van der Waals surface area contributed by atoms with Gasteiger partial charge >= 0.3 is 0 Å². The first kappa shape index (κ1) is 19.1. The summed E-state index contributed by atoms with van der Waals surface area (Å²) in [5.41, 5.74) is 2.38. The summed E-state index contributed by atoms with van der Waals surface area (Å²) in [5.74, 6) is 1.89. The molecular formula is C19H19N5O4S. The zero-order valence-corrected chi connectivity index (χ0v) is 16.7. The third kappa shape index (κ3) is 4.27. The van der Waals surface area contributed by atoms with E-state index in [1.54, 1.807) is 11.8 Å². The molecule has 0 aliphatic carbocycles. The van der Waals surface area contributed by atoms with Crippen molar-refractivity contribution in [1.29, 1.82) is 0 Å². The minimum absolute atomic E-state index is 0.141. The van der Waals surface area contributed by atoms with Crippen LogP contribution in [0.1, 0.15) is 5.56 Å². The number of amides is 1. The fourth-order valence-electron chi connectivity index (χ4n) is 2.83. The molecule has 0 saturated carbocycles. The lowest BCUT2D eigenvalue weighted by Gasteiger charge is -2.18. The topological polar surface area (TPSA) is 100 Å². The van der Waals surface area contributed by atoms with Crippen LogP contribution in [0.3, 0.4) is 0 Å². The van der Waals surface area contributed by atoms with Crippen LogP contribution in [0.2, 0.25) is 0 Å². The number of anilines is 1. The lowest BCUT2D eigenvalue weighted by molar-refractivity contribution is -0.113. The molecule has 0 bridgehead atoms. The van der Waals surface area contributed by atoms with Gasteiger partial charge in [-0.2, -0.15) is 4.68 Å². The zero-order chi connectivity index (χ0) is 20.2. The molecule has 150 valence electrons. The molecule has 0 unspecified atom stereocenters. The number of hydrogen-bond donors (Lipinski definition) is 1. The molecule has 0 atom stereocenters. The third-order valence-corrected chi connectivity index (χ3v) is 5.09. The summed E-state index contributed by atoms with van der Waals surface area (Å²) in [7, 11) is 1.57. The van der Waals surface area contributed by atoms with Crippen molar-refractivity contribution in [3.63, 3.8) is 0 Å². The van der Waals surface area contributed by atoms with Gasteiger partial charge < -0.3 is 19.5 Å². The number of nitrogens with one attached hydrogen (secondary N) is 1. The molecule has 0 spiro atoms. The Morgan fingerprint density at radius 2 is 2.03 bits per heavy atom. The number of carbonyl (C=O) groups is 1. The van der Waals surface area contributed by atoms with Gasteiger partial charge in [-0.3, -0.25) is 4.79 Å². The molecule has 4 rings (SSSR count). The standard InChI is InChI=1S/C19H19N5O4S/c1-12-3-5-15(26-2)14(9-12)20-18(25)11-29-19-21-22-23-24(19)13-4-6-16-17(10-13)28-8-7-27-16/h3-6,9-10H,7-8,11H2,1-2H3,(H,20,25). The zero-order valence-electron chi connectivity index (χ0n) is 15.9. The number of rotatable bonds is 6. The summed E-state index contributed by atoms with van der Waals surface area (Å²) in [6.45, 7) is 2.97. The van der Waals surface area contributed by atoms with Gasteiger partial charge in [0.2, 0.25) is 11.1 Å². The Labute approximate surface area is 171 Å². The van der Waals surface area contributed by atoms with Gasteiger partial charge in [0.25, 0.3) is 0 Å². The third-order valence-electron chi connectivity index (χ3n) is 4.17. The van der Waals surface area contributed by atoms with Crippen LogP contribution in [0, 0.1) is 6.92 Å². The molecule has 0 radical (unpaired) electrons. The van der Waals surface area contributed by atoms with Crippen LogP contribution in [0.25, 0.3) is 5.69 Å². The minimum Gasteiger partial charge on any atom is -0.495 e. The Balaban J connectivity index is 1.45. The highest BCUT2D eigenvalue weighted by Crippen LogP contribution is 2.32. The van der Waals surface area contributed by atoms with Crippen molar-refractivity contribution < 1.29 is 19.0 Å². The Bertz CT molecular complexity index is 1040. The lowest BCUT2D eigenvalue weighted by atomic mass is 10.2. The summed E-state index contributed by atoms with van der Waals surface area (Å²) >= 11 is 1.23. The summed E-state index contributed by atoms with van der Waals surface area (Å²) in [5, 5.41) is 15.1. The number of tetrazole rings is 1. The van der Waals surface area contributed by atoms with Gasteiger partial charge in [-0.05, 0) is 47.2 Å². The highest BCUT2D eigenvalue weighted by molar-refractivity contribution is 7.99. The molecule has 3 aromatic rings. The van der Waals surface area contributed by atoms with Crippen LogP contribution in [0.5, 0.6) is 17.2 Å². The molecule has 1 N–H and O–H groups in total. The first-order valence-corrected chi connectivity index (χ1v) is 9.88. The van der Waals surface area contributed by atoms with Gasteiger partial charge in [0, 0.05) is 6.07 Å². The number of aryl methyl sites for hydroxylation is 1. The summed E-state index contributed by atoms with van der Waals surface area (Å²) < 4.78 is 18.0. The fraction of sp³-hybridized carbons (Fsp3) is 0.263. The van der Waals surface area contributed by atoms with Crippen LogP contribution in [-0.2, 0) is 4.79 Å². The van der Waals surface area contributed by atoms with Gasteiger partial charge in [0.1, 0.15) is 19.0 Å². The van der Waals surface area contributed by atoms with Crippen LogP contribution in [-0.4, -0.2) is 52.2 Å². The van der Waals surface area contributed by atoms with Gasteiger partial charge in [0.05, 0.1) is 24.2 Å². The van der Waals surface area contributed by atoms with Crippen LogP contribution >= 0.6 is 11.8 Å². The molecule has 10 heteroatoms. The first-order valence-electron chi connectivity index (χ1n) is 8.90. The fourth-order valence-corrected chi connectivity index (χ4v) is 3.52. The number of hydrogen-bond acceptors (Lipinski definition) is 8. The van der Waals surface area contributed by atoms with Crippen molar-refractivity contribution in [2.45, 2.75) is 12.1 Å². The maximum atomic E-state index is 12.4. The monoisotopic (exact) mass is 413 g/mol. The normalized spacial score (nSPS) is 12.5. The molecule has 0 saturated heterocycles. The number of carbonyl (C=O) groups excluding carboxylic acids is 1. The molecule has 1 amide bonds. The van der Waals surface area contributed by atoms with E-state index in [1.807, 2.05) is 43.3 Å². The molecule has 2 heterocycles. The van der Waals surface area contributed by atoms with E-state index in [0.29, 0.717) is 41.3 Å². The number of fused-ring (bicyclic) bond motifs is 1. The number of nitrogens with zero attached hydrogens (tertiary/aromatic N) is 4. The van der Waals surface area contributed by atoms with Crippen LogP contribution in [0.4, 0.5) is 5.69 Å². The van der Waals surface area contributed by atoms with E-state index in [1.165, 1.54) is 11.8 Å². The molecule has 9 nitrogen and oxygen atoms in total. The van der Waals surface area contributed by atoms with E-state index in [-0.39, 0.29) is 11.7 Å². The average molecular weight is 413 g/mol. The molecule has 1 aromatic heterocycles. The van der Waals surface area contributed by atoms with Crippen molar-refractivity contribution in [2.75, 3.05) is 31.4 Å². The minimum atomic E-state index is -0.185. The van der Waals surface area contributed by atoms with E-state index in [9.17, 15) is 4.79 Å². The maximum absolute atomic E-state index is 12.4. The molecule has 29 heavy (non-hydrogen) atoms. The predicted molar refractivity (Wildman–Crippen MR) is 107 cm³/mol. The molecule has 1 aliphatic rings. The van der Waals surface area contributed by atoms with Crippen LogP contribution in [0.15, 0.2) is 41.6 Å². The van der Waals surface area contributed by atoms with Crippen molar-refractivity contribution >= 4 is 23.4 Å². The first-order chi connectivity index (χ1) is 14.1. The molecule has 2 aromatic carbocycles. The number of methoxy groups -OCH3 is 1. The number of aromatic nitrogens is 4. The highest BCUT2D eigenvalue weighted by Gasteiger charge is 2.17. The predicted octanol–water partition coefficient (Wildman–Crippen LogP) is 2.48. The number of ether oxygens (including phenoxy) is 3. The second-order valence-corrected chi connectivity index (χ2v) is 7.18. The molecular weight excluding hydrogens is 394 g/mol. The summed E-state index contributed by atoms with van der Waals surface area (Å²) in [6, 6.07) is 11.1. The number of thioether (sulfide) groups is 1. The second kappa shape index (κ2) is 8.39. The van der Waals surface area contributed by atoms with Gasteiger partial charge in [-0.1, -0.05) is 17.8 Å². The summed E-state index contributed by atoms with van der Waals surface area (Å²) in [6.07, 6.45) is 0. The van der Waals surface area contributed by atoms with Gasteiger partial charge in [-0.15, -0.1) is 5.10 Å². The lowest BCUT2D eigenvalue weighted by Crippen LogP contribution is -2.16. The Morgan fingerprint density at radius 3 is 2.86 bits per heavy atom. The van der Waals surface area contributed by atoms with E-state index in [0.717, 1.165) is 11.3 Å². The largest absolute Gasteiger partial charge is 0.495 e. The molecule has 1 aliphatic heterocycles. The SMILES string of the molecule is COc1ccc(C)cc1NC(=O)CSc1nnnn1-c1ccc2c(c1)OCCO2. The van der Waals surface area contributed by atoms with Crippen molar-refractivity contribution in [3.05, 3.63) is 42.0 Å². The maximum Gasteiger partial charge on any atom is 0.234 e. The van der Waals surface area contributed by atoms with Crippen molar-refractivity contribution in [2.24, 2.45) is 0 Å². The Morgan fingerprint density at radius 1 is 1.21 bits per heavy atom. The van der Waals surface area contributed by atoms with E-state index >= 15 is 0 Å². The molecule has 0 fully saturated rings. The van der Waals surface area contributed by atoms with E-state index < -0.39 is 0 Å². The Hall–Kier alpha value is -3.27. The van der Waals surface area contributed by atoms with Gasteiger partial charge in [-0.25, -0.2) is 0 Å². The smallest absolute Gasteiger partial charge is 0.234 e. The Kier molecular flexibility index (Phi) is 5.52. The highest BCUT2D eigenvalue weighted by atomic mass is 32.2. The second-order valence-electron chi connectivity index (χ2n) is 6.24. The van der Waals surface area contributed by atoms with Gasteiger partial charge in [0.15, 0.2) is 11.5 Å². The summed E-state index contributed by atoms with van der Waals surface area (Å²) in [4.78, 5) is 12.4. The quantitative estimate of drug-likeness (QED) is 0.615. The van der Waals surface area contributed by atoms with E-state index in [4.69, 9.17) is 14.2 Å².